The van der Waals surface area contributed by atoms with Gasteiger partial charge in [-0.2, -0.15) is 0 Å². The topological polar surface area (TPSA) is 71.1 Å². The number of amides is 2. The first-order valence-electron chi connectivity index (χ1n) is 7.26. The largest absolute Gasteiger partial charge is 0.358 e. The van der Waals surface area contributed by atoms with Crippen molar-refractivity contribution in [2.24, 2.45) is 0 Å². The van der Waals surface area contributed by atoms with Gasteiger partial charge in [0.2, 0.25) is 5.91 Å². The lowest BCUT2D eigenvalue weighted by atomic mass is 10.2. The summed E-state index contributed by atoms with van der Waals surface area (Å²) in [6.45, 7) is 0. The van der Waals surface area contributed by atoms with Crippen LogP contribution < -0.4 is 10.6 Å². The molecule has 122 valence electrons. The number of carbonyl (C=O) groups excluding carboxylic acids is 2. The quantitative estimate of drug-likeness (QED) is 0.687. The minimum Gasteiger partial charge on any atom is -0.358 e. The van der Waals surface area contributed by atoms with E-state index in [4.69, 9.17) is 0 Å². The molecule has 0 radical (unpaired) electrons. The smallest absolute Gasteiger partial charge is 0.255 e. The standard InChI is InChI=1S/C17H15N3O2S2/c1-18-15(21)10-23-17-20-13-8-7-12(9-14(13)24-17)19-16(22)11-5-3-2-4-6-11/h2-9H,10H2,1H3,(H,18,21)(H,19,22). The monoisotopic (exact) mass is 357 g/mol. The molecule has 0 aliphatic carbocycles. The summed E-state index contributed by atoms with van der Waals surface area (Å²) >= 11 is 2.91. The fraction of sp³-hybridized carbons (Fsp3) is 0.118. The molecule has 2 N–H and O–H groups in total. The predicted octanol–water partition coefficient (Wildman–Crippen LogP) is 3.39. The molecule has 0 fully saturated rings. The van der Waals surface area contributed by atoms with Crippen molar-refractivity contribution in [3.63, 3.8) is 0 Å². The van der Waals surface area contributed by atoms with E-state index < -0.39 is 0 Å². The number of thioether (sulfide) groups is 1. The number of anilines is 1. The average molecular weight is 357 g/mol. The van der Waals surface area contributed by atoms with E-state index in [9.17, 15) is 9.59 Å². The third-order valence-corrected chi connectivity index (χ3v) is 5.43. The first-order chi connectivity index (χ1) is 11.7. The first-order valence-corrected chi connectivity index (χ1v) is 9.06. The van der Waals surface area contributed by atoms with E-state index in [2.05, 4.69) is 15.6 Å². The van der Waals surface area contributed by atoms with Gasteiger partial charge in [-0.3, -0.25) is 9.59 Å². The summed E-state index contributed by atoms with van der Waals surface area (Å²) in [7, 11) is 1.61. The minimum atomic E-state index is -0.145. The summed E-state index contributed by atoms with van der Waals surface area (Å²) in [5.41, 5.74) is 2.20. The van der Waals surface area contributed by atoms with Crippen molar-refractivity contribution in [2.45, 2.75) is 4.34 Å². The molecule has 2 aromatic carbocycles. The van der Waals surface area contributed by atoms with E-state index >= 15 is 0 Å². The van der Waals surface area contributed by atoms with Gasteiger partial charge in [0.1, 0.15) is 0 Å². The molecule has 0 saturated carbocycles. The molecule has 1 aromatic heterocycles. The number of hydrogen-bond acceptors (Lipinski definition) is 5. The van der Waals surface area contributed by atoms with Crippen LogP contribution in [0.25, 0.3) is 10.2 Å². The number of carbonyl (C=O) groups is 2. The maximum absolute atomic E-state index is 12.2. The maximum Gasteiger partial charge on any atom is 0.255 e. The summed E-state index contributed by atoms with van der Waals surface area (Å²) in [5.74, 6) is 0.164. The van der Waals surface area contributed by atoms with Crippen LogP contribution in [0.4, 0.5) is 5.69 Å². The Morgan fingerprint density at radius 1 is 1.17 bits per heavy atom. The van der Waals surface area contributed by atoms with Crippen molar-refractivity contribution in [3.05, 3.63) is 54.1 Å². The summed E-state index contributed by atoms with van der Waals surface area (Å²) in [5, 5.41) is 5.47. The number of nitrogens with one attached hydrogen (secondary N) is 2. The highest BCUT2D eigenvalue weighted by molar-refractivity contribution is 8.01. The number of nitrogens with zero attached hydrogens (tertiary/aromatic N) is 1. The molecule has 3 aromatic rings. The first kappa shape index (κ1) is 16.5. The highest BCUT2D eigenvalue weighted by atomic mass is 32.2. The van der Waals surface area contributed by atoms with Gasteiger partial charge in [-0.25, -0.2) is 4.98 Å². The van der Waals surface area contributed by atoms with Crippen LogP contribution in [-0.2, 0) is 4.79 Å². The maximum atomic E-state index is 12.2. The molecule has 0 spiro atoms. The molecule has 5 nitrogen and oxygen atoms in total. The third-order valence-electron chi connectivity index (χ3n) is 3.27. The number of fused-ring (bicyclic) bond motifs is 1. The Hall–Kier alpha value is -2.38. The second-order valence-corrected chi connectivity index (χ2v) is 7.20. The Balaban J connectivity index is 1.74. The van der Waals surface area contributed by atoms with Crippen LogP contribution in [0.5, 0.6) is 0 Å². The van der Waals surface area contributed by atoms with Crippen molar-refractivity contribution in [1.82, 2.24) is 10.3 Å². The Morgan fingerprint density at radius 2 is 1.96 bits per heavy atom. The van der Waals surface area contributed by atoms with Crippen LogP contribution in [0.1, 0.15) is 10.4 Å². The molecule has 0 aliphatic rings. The molecule has 0 bridgehead atoms. The minimum absolute atomic E-state index is 0.0323. The number of benzene rings is 2. The van der Waals surface area contributed by atoms with Gasteiger partial charge in [0.15, 0.2) is 4.34 Å². The lowest BCUT2D eigenvalue weighted by molar-refractivity contribution is -0.118. The van der Waals surface area contributed by atoms with Gasteiger partial charge in [-0.05, 0) is 30.3 Å². The molecule has 3 rings (SSSR count). The lowest BCUT2D eigenvalue weighted by Gasteiger charge is -2.04. The number of aromatic nitrogens is 1. The summed E-state index contributed by atoms with van der Waals surface area (Å²) in [4.78, 5) is 28.0. The summed E-state index contributed by atoms with van der Waals surface area (Å²) in [6, 6.07) is 14.7. The second-order valence-electron chi connectivity index (χ2n) is 4.94. The van der Waals surface area contributed by atoms with Crippen LogP contribution in [0.2, 0.25) is 0 Å². The molecule has 1 heterocycles. The van der Waals surface area contributed by atoms with Gasteiger partial charge < -0.3 is 10.6 Å². The van der Waals surface area contributed by atoms with Crippen molar-refractivity contribution in [1.29, 1.82) is 0 Å². The van der Waals surface area contributed by atoms with Crippen LogP contribution in [0, 0.1) is 0 Å². The van der Waals surface area contributed by atoms with E-state index in [0.29, 0.717) is 11.3 Å². The fourth-order valence-corrected chi connectivity index (χ4v) is 4.02. The van der Waals surface area contributed by atoms with Gasteiger partial charge in [-0.15, -0.1) is 11.3 Å². The molecule has 0 unspecified atom stereocenters. The zero-order valence-corrected chi connectivity index (χ0v) is 14.5. The molecule has 0 saturated heterocycles. The molecule has 2 amide bonds. The third kappa shape index (κ3) is 3.93. The van der Waals surface area contributed by atoms with Gasteiger partial charge in [0.05, 0.1) is 16.0 Å². The van der Waals surface area contributed by atoms with E-state index in [-0.39, 0.29) is 11.8 Å². The zero-order valence-electron chi connectivity index (χ0n) is 12.9. The van der Waals surface area contributed by atoms with Crippen LogP contribution in [0.3, 0.4) is 0 Å². The van der Waals surface area contributed by atoms with Crippen LogP contribution in [0.15, 0.2) is 52.9 Å². The number of thiazole rings is 1. The summed E-state index contributed by atoms with van der Waals surface area (Å²) in [6.07, 6.45) is 0. The number of rotatable bonds is 5. The Labute approximate surface area is 147 Å². The SMILES string of the molecule is CNC(=O)CSc1nc2ccc(NC(=O)c3ccccc3)cc2s1. The highest BCUT2D eigenvalue weighted by Crippen LogP contribution is 2.31. The van der Waals surface area contributed by atoms with Crippen molar-refractivity contribution in [3.8, 4) is 0 Å². The van der Waals surface area contributed by atoms with Crippen molar-refractivity contribution in [2.75, 3.05) is 18.1 Å². The van der Waals surface area contributed by atoms with Crippen LogP contribution in [-0.4, -0.2) is 29.6 Å². The molecular formula is C17H15N3O2S2. The van der Waals surface area contributed by atoms with Crippen LogP contribution >= 0.6 is 23.1 Å². The second kappa shape index (κ2) is 7.46. The molecule has 7 heteroatoms. The van der Waals surface area contributed by atoms with E-state index in [1.807, 2.05) is 36.4 Å². The lowest BCUT2D eigenvalue weighted by Crippen LogP contribution is -2.19. The molecule has 24 heavy (non-hydrogen) atoms. The Morgan fingerprint density at radius 3 is 2.71 bits per heavy atom. The highest BCUT2D eigenvalue weighted by Gasteiger charge is 2.09. The predicted molar refractivity (Wildman–Crippen MR) is 98.8 cm³/mol. The van der Waals surface area contributed by atoms with Gasteiger partial charge in [-0.1, -0.05) is 30.0 Å². The Kier molecular flexibility index (Phi) is 5.12. The van der Waals surface area contributed by atoms with Gasteiger partial charge >= 0.3 is 0 Å². The van der Waals surface area contributed by atoms with Crippen molar-refractivity contribution >= 4 is 50.8 Å². The van der Waals surface area contributed by atoms with Gasteiger partial charge in [0.25, 0.3) is 5.91 Å². The zero-order chi connectivity index (χ0) is 16.9. The molecule has 0 aliphatic heterocycles. The molecule has 0 atom stereocenters. The Bertz CT molecular complexity index is 878. The number of hydrogen-bond donors (Lipinski definition) is 2. The van der Waals surface area contributed by atoms with E-state index in [1.54, 1.807) is 19.2 Å². The normalized spacial score (nSPS) is 10.5. The fourth-order valence-electron chi connectivity index (χ4n) is 2.04. The van der Waals surface area contributed by atoms with Gasteiger partial charge in [0, 0.05) is 18.3 Å². The molecular weight excluding hydrogens is 342 g/mol. The average Bonchev–Trinajstić information content (AvgIpc) is 3.02. The van der Waals surface area contributed by atoms with E-state index in [0.717, 1.165) is 20.2 Å². The summed E-state index contributed by atoms with van der Waals surface area (Å²) < 4.78 is 1.81. The van der Waals surface area contributed by atoms with Crippen molar-refractivity contribution < 1.29 is 9.59 Å². The van der Waals surface area contributed by atoms with E-state index in [1.165, 1.54) is 23.1 Å².